The maximum atomic E-state index is 13.1. The van der Waals surface area contributed by atoms with Crippen molar-refractivity contribution in [3.8, 4) is 5.88 Å². The summed E-state index contributed by atoms with van der Waals surface area (Å²) >= 11 is 0. The molecule has 0 bridgehead atoms. The van der Waals surface area contributed by atoms with Crippen LogP contribution >= 0.6 is 0 Å². The van der Waals surface area contributed by atoms with E-state index in [9.17, 15) is 31.4 Å². The van der Waals surface area contributed by atoms with Crippen LogP contribution in [0.1, 0.15) is 51.8 Å². The van der Waals surface area contributed by atoms with Gasteiger partial charge in [-0.25, -0.2) is 4.98 Å². The molecular weight excluding hydrogens is 404 g/mol. The lowest BCUT2D eigenvalue weighted by Gasteiger charge is -2.51. The van der Waals surface area contributed by atoms with Crippen LogP contribution in [0.15, 0.2) is 24.5 Å². The van der Waals surface area contributed by atoms with E-state index >= 15 is 0 Å². The van der Waals surface area contributed by atoms with E-state index in [2.05, 4.69) is 11.6 Å². The first kappa shape index (κ1) is 25.1. The molecule has 0 radical (unpaired) electrons. The average Bonchev–Trinajstić information content (AvgIpc) is 2.48. The molecule has 1 aliphatic rings. The first-order chi connectivity index (χ1) is 12.4. The molecule has 0 amide bonds. The maximum absolute atomic E-state index is 13.1. The fourth-order valence-corrected chi connectivity index (χ4v) is 4.16. The topological polar surface area (TPSA) is 73.8 Å². The normalized spacial score (nSPS) is 23.8. The van der Waals surface area contributed by atoms with Gasteiger partial charge >= 0.3 is 12.4 Å². The summed E-state index contributed by atoms with van der Waals surface area (Å²) in [6.07, 6.45) is -9.91. The highest BCUT2D eigenvalue weighted by Gasteiger charge is 2.50. The van der Waals surface area contributed by atoms with E-state index in [0.717, 1.165) is 0 Å². The summed E-state index contributed by atoms with van der Waals surface area (Å²) in [7, 11) is 0. The minimum absolute atomic E-state index is 0. The Morgan fingerprint density at radius 1 is 1.03 bits per heavy atom. The summed E-state index contributed by atoms with van der Waals surface area (Å²) in [5.74, 6) is -0.976. The Labute approximate surface area is 164 Å². The predicted octanol–water partition coefficient (Wildman–Crippen LogP) is 5.58. The minimum atomic E-state index is -5.04. The lowest BCUT2D eigenvalue weighted by molar-refractivity contribution is -0.146. The molecule has 0 saturated heterocycles. The quantitative estimate of drug-likeness (QED) is 0.504. The SMILES string of the molecule is C=C(O)C1CC(C)(C)C(Oc2cc(C(F)(F)F)cc(C(F)(F)F)n2)C(C)(C)C1.O. The smallest absolute Gasteiger partial charge is 0.433 e. The van der Waals surface area contributed by atoms with E-state index in [1.165, 1.54) is 0 Å². The summed E-state index contributed by atoms with van der Waals surface area (Å²) in [4.78, 5) is 3.28. The molecule has 29 heavy (non-hydrogen) atoms. The van der Waals surface area contributed by atoms with Crippen molar-refractivity contribution in [2.24, 2.45) is 16.7 Å². The molecule has 3 N–H and O–H groups in total. The van der Waals surface area contributed by atoms with Gasteiger partial charge in [0.2, 0.25) is 5.88 Å². The minimum Gasteiger partial charge on any atom is -0.513 e. The molecule has 2 rings (SSSR count). The maximum Gasteiger partial charge on any atom is 0.433 e. The van der Waals surface area contributed by atoms with Gasteiger partial charge in [0.05, 0.1) is 11.3 Å². The summed E-state index contributed by atoms with van der Waals surface area (Å²) in [5, 5.41) is 9.77. The van der Waals surface area contributed by atoms with E-state index in [0.29, 0.717) is 18.9 Å². The van der Waals surface area contributed by atoms with Crippen LogP contribution in [-0.4, -0.2) is 21.7 Å². The number of hydrogen-bond acceptors (Lipinski definition) is 3. The van der Waals surface area contributed by atoms with E-state index in [1.807, 2.05) is 0 Å². The molecule has 0 spiro atoms. The second-order valence-corrected chi connectivity index (χ2v) is 8.65. The average molecular weight is 429 g/mol. The Morgan fingerprint density at radius 2 is 1.52 bits per heavy atom. The van der Waals surface area contributed by atoms with Crippen molar-refractivity contribution in [3.05, 3.63) is 35.7 Å². The standard InChI is InChI=1S/C19H23F6NO2.H2O/c1-10(27)11-8-16(2,3)15(17(4,5)9-11)28-14-7-12(18(20,21)22)6-13(26-14)19(23,24)25;/h6-7,11,15,27H,1,8-9H2,2-5H3;1H2. The van der Waals surface area contributed by atoms with E-state index in [-0.39, 0.29) is 23.2 Å². The molecule has 0 unspecified atom stereocenters. The zero-order valence-corrected chi connectivity index (χ0v) is 16.5. The molecule has 4 nitrogen and oxygen atoms in total. The fraction of sp³-hybridized carbons (Fsp3) is 0.632. The molecular formula is C19H25F6NO3. The third-order valence-corrected chi connectivity index (χ3v) is 5.09. The lowest BCUT2D eigenvalue weighted by Crippen LogP contribution is -2.51. The number of allylic oxidation sites excluding steroid dienone is 1. The number of ether oxygens (including phenoxy) is 1. The highest BCUT2D eigenvalue weighted by atomic mass is 19.4. The molecule has 0 atom stereocenters. The highest BCUT2D eigenvalue weighted by Crippen LogP contribution is 2.51. The Morgan fingerprint density at radius 3 is 1.90 bits per heavy atom. The van der Waals surface area contributed by atoms with Crippen LogP contribution in [0.2, 0.25) is 0 Å². The van der Waals surface area contributed by atoms with Gasteiger partial charge in [0.25, 0.3) is 0 Å². The summed E-state index contributed by atoms with van der Waals surface area (Å²) in [6.45, 7) is 10.7. The van der Waals surface area contributed by atoms with Gasteiger partial charge in [-0.05, 0) is 18.9 Å². The van der Waals surface area contributed by atoms with Crippen LogP contribution in [0.3, 0.4) is 0 Å². The van der Waals surface area contributed by atoms with Crippen molar-refractivity contribution >= 4 is 0 Å². The second kappa shape index (κ2) is 7.70. The van der Waals surface area contributed by atoms with Crippen molar-refractivity contribution in [1.29, 1.82) is 0 Å². The van der Waals surface area contributed by atoms with Gasteiger partial charge in [-0.2, -0.15) is 26.3 Å². The Balaban J connectivity index is 0.00000420. The van der Waals surface area contributed by atoms with Crippen molar-refractivity contribution in [2.45, 2.75) is 59.0 Å². The Hall–Kier alpha value is -1.97. The van der Waals surface area contributed by atoms with Gasteiger partial charge in [0, 0.05) is 22.8 Å². The van der Waals surface area contributed by atoms with Crippen LogP contribution in [0, 0.1) is 16.7 Å². The lowest BCUT2D eigenvalue weighted by atomic mass is 9.59. The van der Waals surface area contributed by atoms with E-state index < -0.39 is 46.4 Å². The van der Waals surface area contributed by atoms with E-state index in [4.69, 9.17) is 4.74 Å². The Kier molecular flexibility index (Phi) is 6.65. The van der Waals surface area contributed by atoms with Gasteiger partial charge in [0.1, 0.15) is 11.8 Å². The first-order valence-corrected chi connectivity index (χ1v) is 8.64. The largest absolute Gasteiger partial charge is 0.513 e. The molecule has 1 aromatic rings. The van der Waals surface area contributed by atoms with Gasteiger partial charge in [-0.1, -0.05) is 34.3 Å². The van der Waals surface area contributed by atoms with Gasteiger partial charge < -0.3 is 15.3 Å². The van der Waals surface area contributed by atoms with Crippen molar-refractivity contribution in [1.82, 2.24) is 4.98 Å². The van der Waals surface area contributed by atoms with E-state index in [1.54, 1.807) is 27.7 Å². The van der Waals surface area contributed by atoms with Crippen LogP contribution in [0.5, 0.6) is 5.88 Å². The monoisotopic (exact) mass is 429 g/mol. The number of aliphatic hydroxyl groups is 1. The number of pyridine rings is 1. The zero-order valence-electron chi connectivity index (χ0n) is 16.5. The molecule has 1 aliphatic carbocycles. The Bertz CT molecular complexity index is 705. The summed E-state index contributed by atoms with van der Waals surface area (Å²) in [5.41, 5.74) is -4.46. The number of aliphatic hydroxyl groups excluding tert-OH is 1. The van der Waals surface area contributed by atoms with Crippen LogP contribution in [-0.2, 0) is 12.4 Å². The summed E-state index contributed by atoms with van der Waals surface area (Å²) < 4.78 is 84.0. The highest BCUT2D eigenvalue weighted by molar-refractivity contribution is 5.29. The molecule has 0 aliphatic heterocycles. The predicted molar refractivity (Wildman–Crippen MR) is 94.3 cm³/mol. The molecule has 10 heteroatoms. The van der Waals surface area contributed by atoms with Crippen LogP contribution < -0.4 is 4.74 Å². The molecule has 1 aromatic heterocycles. The second-order valence-electron chi connectivity index (χ2n) is 8.65. The third kappa shape index (κ3) is 5.55. The number of alkyl halides is 6. The molecule has 1 fully saturated rings. The van der Waals surface area contributed by atoms with Crippen molar-refractivity contribution in [3.63, 3.8) is 0 Å². The number of nitrogens with zero attached hydrogens (tertiary/aromatic N) is 1. The number of rotatable bonds is 3. The fourth-order valence-electron chi connectivity index (χ4n) is 4.16. The number of halogens is 6. The van der Waals surface area contributed by atoms with Gasteiger partial charge in [-0.3, -0.25) is 0 Å². The van der Waals surface area contributed by atoms with Crippen LogP contribution in [0.25, 0.3) is 0 Å². The molecule has 1 heterocycles. The van der Waals surface area contributed by atoms with Gasteiger partial charge in [0.15, 0.2) is 0 Å². The van der Waals surface area contributed by atoms with Crippen LogP contribution in [0.4, 0.5) is 26.3 Å². The number of hydrogen-bond donors (Lipinski definition) is 1. The summed E-state index contributed by atoms with van der Waals surface area (Å²) in [6, 6.07) is 0.453. The molecule has 1 saturated carbocycles. The molecule has 166 valence electrons. The number of aromatic nitrogens is 1. The van der Waals surface area contributed by atoms with Crippen molar-refractivity contribution in [2.75, 3.05) is 0 Å². The van der Waals surface area contributed by atoms with Crippen molar-refractivity contribution < 1.29 is 41.7 Å². The molecule has 0 aromatic carbocycles. The van der Waals surface area contributed by atoms with Gasteiger partial charge in [-0.15, -0.1) is 0 Å². The first-order valence-electron chi connectivity index (χ1n) is 8.64. The third-order valence-electron chi connectivity index (χ3n) is 5.09. The zero-order chi connectivity index (χ0) is 21.7.